The van der Waals surface area contributed by atoms with Crippen LogP contribution in [0.3, 0.4) is 0 Å². The summed E-state index contributed by atoms with van der Waals surface area (Å²) < 4.78 is 0.828. The van der Waals surface area contributed by atoms with Crippen LogP contribution in [0.5, 0.6) is 0 Å². The Kier molecular flexibility index (Phi) is 3.24. The van der Waals surface area contributed by atoms with Gasteiger partial charge in [-0.2, -0.15) is 0 Å². The van der Waals surface area contributed by atoms with Crippen LogP contribution < -0.4 is 5.32 Å². The molecular formula is C13H14N4O3S2. The van der Waals surface area contributed by atoms with Gasteiger partial charge in [-0.15, -0.1) is 10.2 Å². The van der Waals surface area contributed by atoms with E-state index >= 15 is 0 Å². The molecule has 3 aliphatic rings. The van der Waals surface area contributed by atoms with Crippen molar-refractivity contribution in [2.45, 2.75) is 29.8 Å². The van der Waals surface area contributed by atoms with E-state index in [1.807, 2.05) is 6.92 Å². The van der Waals surface area contributed by atoms with Crippen molar-refractivity contribution in [1.29, 1.82) is 0 Å². The zero-order valence-electron chi connectivity index (χ0n) is 11.8. The molecule has 116 valence electrons. The van der Waals surface area contributed by atoms with Crippen LogP contribution in [0.25, 0.3) is 0 Å². The first-order valence-corrected chi connectivity index (χ1v) is 8.81. The van der Waals surface area contributed by atoms with E-state index in [-0.39, 0.29) is 23.7 Å². The summed E-state index contributed by atoms with van der Waals surface area (Å²) in [6.45, 7) is 2.66. The van der Waals surface area contributed by atoms with Gasteiger partial charge in [0.15, 0.2) is 4.34 Å². The highest BCUT2D eigenvalue weighted by molar-refractivity contribution is 8.01. The largest absolute Gasteiger partial charge is 0.477 e. The Morgan fingerprint density at radius 3 is 3.05 bits per heavy atom. The van der Waals surface area contributed by atoms with Gasteiger partial charge in [0.25, 0.3) is 0 Å². The van der Waals surface area contributed by atoms with Gasteiger partial charge in [-0.25, -0.2) is 4.79 Å². The number of aryl methyl sites for hydroxylation is 1. The lowest BCUT2D eigenvalue weighted by Crippen LogP contribution is -2.68. The molecule has 9 heteroatoms. The van der Waals surface area contributed by atoms with Crippen molar-refractivity contribution in [1.82, 2.24) is 20.4 Å². The van der Waals surface area contributed by atoms with Crippen molar-refractivity contribution >= 4 is 35.0 Å². The van der Waals surface area contributed by atoms with Gasteiger partial charge in [-0.3, -0.25) is 9.69 Å². The van der Waals surface area contributed by atoms with E-state index < -0.39 is 5.97 Å². The summed E-state index contributed by atoms with van der Waals surface area (Å²) in [5, 5.41) is 21.6. The average Bonchev–Trinajstić information content (AvgIpc) is 3.07. The summed E-state index contributed by atoms with van der Waals surface area (Å²) in [7, 11) is 0. The summed E-state index contributed by atoms with van der Waals surface area (Å²) in [6.07, 6.45) is 0.727. The zero-order chi connectivity index (χ0) is 15.4. The van der Waals surface area contributed by atoms with Gasteiger partial charge < -0.3 is 10.4 Å². The number of β-lactam (4-membered cyclic amide) rings is 1. The molecule has 0 unspecified atom stereocenters. The number of hydrogen-bond acceptors (Lipinski definition) is 7. The predicted octanol–water partition coefficient (Wildman–Crippen LogP) is 0.480. The van der Waals surface area contributed by atoms with E-state index in [0.29, 0.717) is 11.7 Å². The quantitative estimate of drug-likeness (QED) is 0.609. The second kappa shape index (κ2) is 5.04. The lowest BCUT2D eigenvalue weighted by molar-refractivity contribution is -0.153. The molecule has 0 radical (unpaired) electrons. The molecule has 3 aliphatic heterocycles. The number of carbonyl (C=O) groups excluding carboxylic acids is 1. The highest BCUT2D eigenvalue weighted by Gasteiger charge is 2.59. The molecule has 7 nitrogen and oxygen atoms in total. The fraction of sp³-hybridized carbons (Fsp3) is 0.538. The van der Waals surface area contributed by atoms with Crippen LogP contribution in [0.2, 0.25) is 0 Å². The average molecular weight is 338 g/mol. The molecule has 1 aromatic rings. The molecule has 2 saturated heterocycles. The normalized spacial score (nSPS) is 29.6. The third kappa shape index (κ3) is 1.99. The van der Waals surface area contributed by atoms with Crippen LogP contribution in [-0.2, 0) is 9.59 Å². The Hall–Kier alpha value is -1.45. The zero-order valence-corrected chi connectivity index (χ0v) is 13.4. The number of aromatic nitrogens is 2. The molecule has 0 spiro atoms. The van der Waals surface area contributed by atoms with Crippen LogP contribution >= 0.6 is 23.1 Å². The molecule has 2 fully saturated rings. The van der Waals surface area contributed by atoms with Crippen LogP contribution in [0.15, 0.2) is 15.6 Å². The second-order valence-electron chi connectivity index (χ2n) is 5.68. The first-order chi connectivity index (χ1) is 10.6. The highest BCUT2D eigenvalue weighted by atomic mass is 32.2. The van der Waals surface area contributed by atoms with Gasteiger partial charge in [0.05, 0.1) is 6.04 Å². The van der Waals surface area contributed by atoms with Crippen LogP contribution in [0.4, 0.5) is 0 Å². The van der Waals surface area contributed by atoms with E-state index in [9.17, 15) is 14.7 Å². The van der Waals surface area contributed by atoms with Crippen LogP contribution in [0.1, 0.15) is 11.4 Å². The first kappa shape index (κ1) is 14.2. The number of carbonyl (C=O) groups is 2. The monoisotopic (exact) mass is 338 g/mol. The SMILES string of the molecule is Cc1nnc(SCC2=C(C(=O)O)N3C(=O)[C@H]4NC[C@@H](C2)[C@H]43)s1. The van der Waals surface area contributed by atoms with Crippen molar-refractivity contribution in [2.75, 3.05) is 12.3 Å². The smallest absolute Gasteiger partial charge is 0.352 e. The predicted molar refractivity (Wildman–Crippen MR) is 80.6 cm³/mol. The minimum absolute atomic E-state index is 0.0242. The number of nitrogens with zero attached hydrogens (tertiary/aromatic N) is 3. The van der Waals surface area contributed by atoms with Crippen molar-refractivity contribution in [3.05, 3.63) is 16.3 Å². The fourth-order valence-corrected chi connectivity index (χ4v) is 5.34. The molecule has 0 aliphatic carbocycles. The maximum absolute atomic E-state index is 12.1. The number of amides is 1. The molecular weight excluding hydrogens is 324 g/mol. The van der Waals surface area contributed by atoms with Crippen molar-refractivity contribution in [3.8, 4) is 0 Å². The number of hydrogen-bond donors (Lipinski definition) is 2. The fourth-order valence-electron chi connectivity index (χ4n) is 3.50. The Morgan fingerprint density at radius 2 is 2.36 bits per heavy atom. The van der Waals surface area contributed by atoms with E-state index in [1.54, 1.807) is 0 Å². The van der Waals surface area contributed by atoms with Gasteiger partial charge in [0, 0.05) is 12.3 Å². The Balaban J connectivity index is 1.61. The van der Waals surface area contributed by atoms with Gasteiger partial charge in [-0.1, -0.05) is 23.1 Å². The molecule has 0 aromatic carbocycles. The van der Waals surface area contributed by atoms with Crippen LogP contribution in [-0.4, -0.2) is 56.5 Å². The Bertz CT molecular complexity index is 701. The standard InChI is InChI=1S/C13H14N4O3S2/c1-5-15-16-13(22-5)21-4-7-2-6-3-14-8-9(6)17(11(8)18)10(7)12(19)20/h6,8-9,14H,2-4H2,1H3,(H,19,20)/t6-,8+,9-/m1/s1. The van der Waals surface area contributed by atoms with Crippen molar-refractivity contribution in [2.24, 2.45) is 5.92 Å². The molecule has 1 amide bonds. The van der Waals surface area contributed by atoms with E-state index in [0.717, 1.165) is 27.9 Å². The maximum Gasteiger partial charge on any atom is 0.352 e. The van der Waals surface area contributed by atoms with Gasteiger partial charge in [-0.05, 0) is 24.8 Å². The number of nitrogens with one attached hydrogen (secondary N) is 1. The summed E-state index contributed by atoms with van der Waals surface area (Å²) >= 11 is 2.98. The summed E-state index contributed by atoms with van der Waals surface area (Å²) in [5.41, 5.74) is 1.00. The third-order valence-corrected chi connectivity index (χ3v) is 6.45. The summed E-state index contributed by atoms with van der Waals surface area (Å²) in [5.74, 6) is -0.272. The number of rotatable bonds is 4. The van der Waals surface area contributed by atoms with E-state index in [4.69, 9.17) is 0 Å². The molecule has 3 atom stereocenters. The number of carboxylic acid groups (broad SMARTS) is 1. The van der Waals surface area contributed by atoms with Gasteiger partial charge in [0.1, 0.15) is 16.7 Å². The number of aliphatic carboxylic acids is 1. The summed E-state index contributed by atoms with van der Waals surface area (Å²) in [4.78, 5) is 25.3. The second-order valence-corrected chi connectivity index (χ2v) is 8.09. The van der Waals surface area contributed by atoms with Gasteiger partial charge in [0.2, 0.25) is 5.91 Å². The van der Waals surface area contributed by atoms with E-state index in [1.165, 1.54) is 28.0 Å². The first-order valence-electron chi connectivity index (χ1n) is 7.01. The minimum atomic E-state index is -1.01. The van der Waals surface area contributed by atoms with Crippen LogP contribution in [0, 0.1) is 12.8 Å². The molecule has 0 saturated carbocycles. The van der Waals surface area contributed by atoms with Crippen molar-refractivity contribution in [3.63, 3.8) is 0 Å². The minimum Gasteiger partial charge on any atom is -0.477 e. The van der Waals surface area contributed by atoms with Crippen molar-refractivity contribution < 1.29 is 14.7 Å². The van der Waals surface area contributed by atoms with Gasteiger partial charge >= 0.3 is 5.97 Å². The topological polar surface area (TPSA) is 95.4 Å². The molecule has 4 heterocycles. The molecule has 4 rings (SSSR count). The number of carboxylic acids is 1. The van der Waals surface area contributed by atoms with E-state index in [2.05, 4.69) is 15.5 Å². The molecule has 1 aromatic heterocycles. The lowest BCUT2D eigenvalue weighted by atomic mass is 9.80. The molecule has 22 heavy (non-hydrogen) atoms. The highest BCUT2D eigenvalue weighted by Crippen LogP contribution is 2.44. The lowest BCUT2D eigenvalue weighted by Gasteiger charge is -2.48. The third-order valence-electron chi connectivity index (χ3n) is 4.39. The summed E-state index contributed by atoms with van der Waals surface area (Å²) in [6, 6.07) is -0.157. The number of thioether (sulfide) groups is 1. The Labute approximate surface area is 134 Å². The maximum atomic E-state index is 12.1. The Morgan fingerprint density at radius 1 is 1.55 bits per heavy atom. The molecule has 2 N–H and O–H groups in total. The molecule has 0 bridgehead atoms.